The van der Waals surface area contributed by atoms with Crippen molar-refractivity contribution in [1.82, 2.24) is 9.80 Å². The molecule has 0 bridgehead atoms. The van der Waals surface area contributed by atoms with Gasteiger partial charge in [-0.3, -0.25) is 4.99 Å². The van der Waals surface area contributed by atoms with Crippen molar-refractivity contribution < 1.29 is 9.47 Å². The molecule has 0 aliphatic carbocycles. The Bertz CT molecular complexity index is 621. The molecule has 8 heteroatoms. The molecule has 1 aromatic rings. The average molecular weight is 519 g/mol. The Labute approximate surface area is 193 Å². The SMILES string of the molecule is CCOc1ccc(OCC)c(NC(N)=NCC(C)CN2CCN(CC)CC2)c1.I. The van der Waals surface area contributed by atoms with Crippen molar-refractivity contribution in [3.05, 3.63) is 18.2 Å². The summed E-state index contributed by atoms with van der Waals surface area (Å²) in [6.07, 6.45) is 0. The van der Waals surface area contributed by atoms with E-state index in [0.29, 0.717) is 31.6 Å². The van der Waals surface area contributed by atoms with Crippen molar-refractivity contribution in [2.45, 2.75) is 27.7 Å². The van der Waals surface area contributed by atoms with E-state index in [1.54, 1.807) is 0 Å². The molecule has 29 heavy (non-hydrogen) atoms. The van der Waals surface area contributed by atoms with Gasteiger partial charge in [-0.15, -0.1) is 24.0 Å². The predicted octanol–water partition coefficient (Wildman–Crippen LogP) is 3.10. The van der Waals surface area contributed by atoms with Crippen LogP contribution in [0.15, 0.2) is 23.2 Å². The number of halogens is 1. The average Bonchev–Trinajstić information content (AvgIpc) is 2.69. The summed E-state index contributed by atoms with van der Waals surface area (Å²) in [6.45, 7) is 17.1. The lowest BCUT2D eigenvalue weighted by atomic mass is 10.1. The molecule has 0 spiro atoms. The number of hydrogen-bond donors (Lipinski definition) is 2. The number of ether oxygens (including phenoxy) is 2. The summed E-state index contributed by atoms with van der Waals surface area (Å²) < 4.78 is 11.3. The van der Waals surface area contributed by atoms with E-state index >= 15 is 0 Å². The number of hydrogen-bond acceptors (Lipinski definition) is 5. The molecule has 7 nitrogen and oxygen atoms in total. The summed E-state index contributed by atoms with van der Waals surface area (Å²) in [7, 11) is 0. The van der Waals surface area contributed by atoms with Crippen LogP contribution in [0.3, 0.4) is 0 Å². The fraction of sp³-hybridized carbons (Fsp3) is 0.667. The van der Waals surface area contributed by atoms with Gasteiger partial charge in [0.25, 0.3) is 0 Å². The fourth-order valence-corrected chi connectivity index (χ4v) is 3.36. The first-order valence-corrected chi connectivity index (χ1v) is 10.5. The van der Waals surface area contributed by atoms with Gasteiger partial charge in [0.2, 0.25) is 0 Å². The van der Waals surface area contributed by atoms with Crippen LogP contribution in [-0.2, 0) is 0 Å². The van der Waals surface area contributed by atoms with Crippen LogP contribution < -0.4 is 20.5 Å². The molecular formula is C21H38IN5O2. The van der Waals surface area contributed by atoms with Crippen molar-refractivity contribution in [1.29, 1.82) is 0 Å². The number of likely N-dealkylation sites (N-methyl/N-ethyl adjacent to an activating group) is 1. The summed E-state index contributed by atoms with van der Waals surface area (Å²) in [6, 6.07) is 5.68. The van der Waals surface area contributed by atoms with Crippen molar-refractivity contribution in [3.63, 3.8) is 0 Å². The van der Waals surface area contributed by atoms with Crippen LogP contribution in [0.2, 0.25) is 0 Å². The minimum atomic E-state index is 0. The highest BCUT2D eigenvalue weighted by molar-refractivity contribution is 14.0. The topological polar surface area (TPSA) is 75.3 Å². The van der Waals surface area contributed by atoms with E-state index in [0.717, 1.165) is 56.5 Å². The van der Waals surface area contributed by atoms with Gasteiger partial charge in [-0.25, -0.2) is 0 Å². The highest BCUT2D eigenvalue weighted by Gasteiger charge is 2.17. The molecule has 1 aromatic carbocycles. The molecule has 2 rings (SSSR count). The van der Waals surface area contributed by atoms with Gasteiger partial charge >= 0.3 is 0 Å². The Morgan fingerprint density at radius 1 is 1.10 bits per heavy atom. The molecule has 1 atom stereocenters. The zero-order valence-corrected chi connectivity index (χ0v) is 20.6. The van der Waals surface area contributed by atoms with E-state index in [9.17, 15) is 0 Å². The van der Waals surface area contributed by atoms with E-state index in [1.807, 2.05) is 32.0 Å². The normalized spacial score (nSPS) is 16.8. The number of guanidine groups is 1. The lowest BCUT2D eigenvalue weighted by Crippen LogP contribution is -2.47. The van der Waals surface area contributed by atoms with Gasteiger partial charge in [-0.1, -0.05) is 13.8 Å². The van der Waals surface area contributed by atoms with Gasteiger partial charge in [-0.05, 0) is 38.4 Å². The number of rotatable bonds is 10. The molecule has 1 fully saturated rings. The minimum Gasteiger partial charge on any atom is -0.494 e. The van der Waals surface area contributed by atoms with Crippen molar-refractivity contribution in [3.8, 4) is 11.5 Å². The number of nitrogens with two attached hydrogens (primary N) is 1. The van der Waals surface area contributed by atoms with Gasteiger partial charge in [0.15, 0.2) is 5.96 Å². The predicted molar refractivity (Wildman–Crippen MR) is 132 cm³/mol. The van der Waals surface area contributed by atoms with Crippen LogP contribution in [0.25, 0.3) is 0 Å². The summed E-state index contributed by atoms with van der Waals surface area (Å²) >= 11 is 0. The standard InChI is InChI=1S/C21H37N5O2.HI/c1-5-25-10-12-26(13-11-25)16-17(4)15-23-21(22)24-19-14-18(27-6-2)8-9-20(19)28-7-3;/h8-9,14,17H,5-7,10-13,15-16H2,1-4H3,(H3,22,23,24);1H. The Balaban J connectivity index is 0.00000420. The van der Waals surface area contributed by atoms with E-state index in [-0.39, 0.29) is 24.0 Å². The molecule has 1 unspecified atom stereocenters. The molecule has 1 heterocycles. The smallest absolute Gasteiger partial charge is 0.193 e. The number of anilines is 1. The van der Waals surface area contributed by atoms with Crippen LogP contribution in [0.1, 0.15) is 27.7 Å². The molecule has 0 aromatic heterocycles. The molecule has 1 saturated heterocycles. The number of aliphatic imine (C=N–C) groups is 1. The van der Waals surface area contributed by atoms with Crippen LogP contribution >= 0.6 is 24.0 Å². The fourth-order valence-electron chi connectivity index (χ4n) is 3.36. The van der Waals surface area contributed by atoms with Crippen molar-refractivity contribution >= 4 is 35.6 Å². The lowest BCUT2D eigenvalue weighted by Gasteiger charge is -2.35. The Morgan fingerprint density at radius 2 is 1.76 bits per heavy atom. The molecule has 3 N–H and O–H groups in total. The number of nitrogens with zero attached hydrogens (tertiary/aromatic N) is 3. The first kappa shape index (κ1) is 25.8. The van der Waals surface area contributed by atoms with Crippen LogP contribution in [0.5, 0.6) is 11.5 Å². The third-order valence-corrected chi connectivity index (χ3v) is 4.88. The van der Waals surface area contributed by atoms with Crippen LogP contribution in [-0.4, -0.2) is 74.8 Å². The second-order valence-electron chi connectivity index (χ2n) is 7.21. The third kappa shape index (κ3) is 8.96. The van der Waals surface area contributed by atoms with E-state index < -0.39 is 0 Å². The zero-order chi connectivity index (χ0) is 20.4. The first-order valence-electron chi connectivity index (χ1n) is 10.5. The number of benzene rings is 1. The first-order chi connectivity index (χ1) is 13.5. The highest BCUT2D eigenvalue weighted by atomic mass is 127. The second-order valence-corrected chi connectivity index (χ2v) is 7.21. The van der Waals surface area contributed by atoms with Gasteiger partial charge in [0.1, 0.15) is 11.5 Å². The molecule has 1 aliphatic rings. The molecular weight excluding hydrogens is 481 g/mol. The Kier molecular flexibility index (Phi) is 12.3. The minimum absolute atomic E-state index is 0. The quantitative estimate of drug-likeness (QED) is 0.281. The molecule has 1 aliphatic heterocycles. The van der Waals surface area contributed by atoms with Gasteiger partial charge in [0, 0.05) is 45.3 Å². The lowest BCUT2D eigenvalue weighted by molar-refractivity contribution is 0.125. The number of nitrogens with one attached hydrogen (secondary N) is 1. The van der Waals surface area contributed by atoms with Crippen molar-refractivity contribution in [2.75, 3.05) is 64.3 Å². The zero-order valence-electron chi connectivity index (χ0n) is 18.3. The monoisotopic (exact) mass is 519 g/mol. The largest absolute Gasteiger partial charge is 0.494 e. The second kappa shape index (κ2) is 13.9. The maximum absolute atomic E-state index is 6.13. The molecule has 0 saturated carbocycles. The summed E-state index contributed by atoms with van der Waals surface area (Å²) in [5.74, 6) is 2.37. The summed E-state index contributed by atoms with van der Waals surface area (Å²) in [4.78, 5) is 9.56. The van der Waals surface area contributed by atoms with E-state index in [1.165, 1.54) is 0 Å². The Morgan fingerprint density at radius 3 is 2.38 bits per heavy atom. The maximum Gasteiger partial charge on any atom is 0.193 e. The number of piperazine rings is 1. The maximum atomic E-state index is 6.13. The molecule has 0 amide bonds. The van der Waals surface area contributed by atoms with E-state index in [2.05, 4.69) is 34.0 Å². The molecule has 166 valence electrons. The highest BCUT2D eigenvalue weighted by Crippen LogP contribution is 2.29. The van der Waals surface area contributed by atoms with Crippen LogP contribution in [0, 0.1) is 5.92 Å². The van der Waals surface area contributed by atoms with E-state index in [4.69, 9.17) is 15.2 Å². The third-order valence-electron chi connectivity index (χ3n) is 4.88. The van der Waals surface area contributed by atoms with Gasteiger partial charge in [-0.2, -0.15) is 0 Å². The van der Waals surface area contributed by atoms with Gasteiger partial charge < -0.3 is 30.3 Å². The Hall–Kier alpha value is -1.26. The van der Waals surface area contributed by atoms with Crippen molar-refractivity contribution in [2.24, 2.45) is 16.6 Å². The molecule has 0 radical (unpaired) electrons. The summed E-state index contributed by atoms with van der Waals surface area (Å²) in [5, 5.41) is 3.17. The summed E-state index contributed by atoms with van der Waals surface area (Å²) in [5.41, 5.74) is 6.91. The van der Waals surface area contributed by atoms with Crippen LogP contribution in [0.4, 0.5) is 5.69 Å². The van der Waals surface area contributed by atoms with Gasteiger partial charge in [0.05, 0.1) is 18.9 Å².